The molecule has 0 aliphatic heterocycles. The van der Waals surface area contributed by atoms with Gasteiger partial charge in [0.25, 0.3) is 0 Å². The first-order valence-electron chi connectivity index (χ1n) is 7.06. The second-order valence-electron chi connectivity index (χ2n) is 5.51. The van der Waals surface area contributed by atoms with Crippen molar-refractivity contribution in [1.82, 2.24) is 5.32 Å². The monoisotopic (exact) mass is 262 g/mol. The van der Waals surface area contributed by atoms with Gasteiger partial charge in [0.1, 0.15) is 0 Å². The fraction of sp³-hybridized carbons (Fsp3) is 0.278. The van der Waals surface area contributed by atoms with E-state index < -0.39 is 0 Å². The maximum atomic E-state index is 8.89. The Kier molecular flexibility index (Phi) is 3.54. The van der Waals surface area contributed by atoms with Crippen molar-refractivity contribution in [2.75, 3.05) is 0 Å². The van der Waals surface area contributed by atoms with Crippen LogP contribution in [0.2, 0.25) is 0 Å². The third-order valence-electron chi connectivity index (χ3n) is 4.10. The summed E-state index contributed by atoms with van der Waals surface area (Å²) in [7, 11) is 0. The number of hydrogen-bond donors (Lipinski definition) is 1. The van der Waals surface area contributed by atoms with Crippen LogP contribution in [0.15, 0.2) is 42.5 Å². The van der Waals surface area contributed by atoms with Crippen LogP contribution < -0.4 is 5.32 Å². The normalized spacial score (nSPS) is 14.0. The second-order valence-corrected chi connectivity index (χ2v) is 5.51. The van der Waals surface area contributed by atoms with Crippen molar-refractivity contribution in [2.24, 2.45) is 0 Å². The number of fused-ring (bicyclic) bond motifs is 1. The predicted molar refractivity (Wildman–Crippen MR) is 80.4 cm³/mol. The van der Waals surface area contributed by atoms with Crippen molar-refractivity contribution >= 4 is 0 Å². The summed E-state index contributed by atoms with van der Waals surface area (Å²) in [5.41, 5.74) is 6.15. The molecule has 2 nitrogen and oxygen atoms in total. The molecule has 2 aromatic rings. The molecule has 0 saturated heterocycles. The van der Waals surface area contributed by atoms with Crippen molar-refractivity contribution < 1.29 is 0 Å². The van der Waals surface area contributed by atoms with Crippen LogP contribution >= 0.6 is 0 Å². The number of benzene rings is 2. The molecular weight excluding hydrogens is 244 g/mol. The summed E-state index contributed by atoms with van der Waals surface area (Å²) in [5.74, 6) is 0. The molecule has 0 fully saturated rings. The van der Waals surface area contributed by atoms with Crippen LogP contribution in [0.5, 0.6) is 0 Å². The third-order valence-corrected chi connectivity index (χ3v) is 4.10. The van der Waals surface area contributed by atoms with E-state index in [2.05, 4.69) is 48.6 Å². The zero-order valence-corrected chi connectivity index (χ0v) is 11.7. The van der Waals surface area contributed by atoms with Crippen LogP contribution in [0, 0.1) is 18.3 Å². The Hall–Kier alpha value is -2.11. The van der Waals surface area contributed by atoms with E-state index in [1.165, 1.54) is 22.3 Å². The van der Waals surface area contributed by atoms with E-state index in [0.717, 1.165) is 24.9 Å². The lowest BCUT2D eigenvalue weighted by molar-refractivity contribution is 0.532. The molecule has 0 spiro atoms. The number of hydrogen-bond acceptors (Lipinski definition) is 2. The smallest absolute Gasteiger partial charge is 0.0991 e. The first-order chi connectivity index (χ1) is 9.76. The first kappa shape index (κ1) is 12.9. The van der Waals surface area contributed by atoms with Gasteiger partial charge in [-0.3, -0.25) is 0 Å². The lowest BCUT2D eigenvalue weighted by Gasteiger charge is -2.13. The van der Waals surface area contributed by atoms with Crippen molar-refractivity contribution in [1.29, 1.82) is 5.26 Å². The Balaban J connectivity index is 1.63. The summed E-state index contributed by atoms with van der Waals surface area (Å²) in [6.07, 6.45) is 2.23. The van der Waals surface area contributed by atoms with Gasteiger partial charge in [-0.25, -0.2) is 0 Å². The molecule has 0 heterocycles. The molecule has 0 unspecified atom stereocenters. The molecule has 2 aromatic carbocycles. The quantitative estimate of drug-likeness (QED) is 0.922. The summed E-state index contributed by atoms with van der Waals surface area (Å²) in [4.78, 5) is 0. The molecule has 1 aliphatic rings. The highest BCUT2D eigenvalue weighted by molar-refractivity contribution is 5.38. The van der Waals surface area contributed by atoms with E-state index in [1.807, 2.05) is 12.1 Å². The lowest BCUT2D eigenvalue weighted by atomic mass is 10.1. The summed E-state index contributed by atoms with van der Waals surface area (Å²) in [5, 5.41) is 12.5. The van der Waals surface area contributed by atoms with Gasteiger partial charge in [-0.05, 0) is 54.2 Å². The SMILES string of the molecule is Cc1cc(C#N)ccc1CNC1Cc2ccccc2C1. The zero-order valence-electron chi connectivity index (χ0n) is 11.7. The number of nitrogens with one attached hydrogen (secondary N) is 1. The van der Waals surface area contributed by atoms with E-state index in [-0.39, 0.29) is 0 Å². The molecule has 0 radical (unpaired) electrons. The summed E-state index contributed by atoms with van der Waals surface area (Å²) >= 11 is 0. The van der Waals surface area contributed by atoms with Gasteiger partial charge in [0.15, 0.2) is 0 Å². The van der Waals surface area contributed by atoms with Crippen LogP contribution in [-0.2, 0) is 19.4 Å². The minimum Gasteiger partial charge on any atom is -0.309 e. The van der Waals surface area contributed by atoms with Crippen LogP contribution in [0.3, 0.4) is 0 Å². The molecule has 0 saturated carbocycles. The molecular formula is C18H18N2. The van der Waals surface area contributed by atoms with E-state index in [1.54, 1.807) is 0 Å². The largest absolute Gasteiger partial charge is 0.309 e. The molecule has 1 aliphatic carbocycles. The number of nitrogens with zero attached hydrogens (tertiary/aromatic N) is 1. The van der Waals surface area contributed by atoms with Gasteiger partial charge in [0.05, 0.1) is 11.6 Å². The van der Waals surface area contributed by atoms with Gasteiger partial charge in [-0.15, -0.1) is 0 Å². The summed E-state index contributed by atoms with van der Waals surface area (Å²) in [6.45, 7) is 2.94. The molecule has 3 rings (SSSR count). The Morgan fingerprint density at radius 3 is 2.45 bits per heavy atom. The molecule has 2 heteroatoms. The highest BCUT2D eigenvalue weighted by Gasteiger charge is 2.20. The minimum absolute atomic E-state index is 0.530. The average Bonchev–Trinajstić information content (AvgIpc) is 2.88. The van der Waals surface area contributed by atoms with E-state index in [9.17, 15) is 0 Å². The van der Waals surface area contributed by atoms with Gasteiger partial charge in [-0.2, -0.15) is 5.26 Å². The van der Waals surface area contributed by atoms with Crippen molar-refractivity contribution in [3.8, 4) is 6.07 Å². The van der Waals surface area contributed by atoms with Crippen molar-refractivity contribution in [3.63, 3.8) is 0 Å². The predicted octanol–water partition coefficient (Wildman–Crippen LogP) is 3.12. The molecule has 0 aromatic heterocycles. The maximum absolute atomic E-state index is 8.89. The molecule has 100 valence electrons. The lowest BCUT2D eigenvalue weighted by Crippen LogP contribution is -2.29. The van der Waals surface area contributed by atoms with Gasteiger partial charge in [0.2, 0.25) is 0 Å². The molecule has 20 heavy (non-hydrogen) atoms. The standard InChI is InChI=1S/C18H18N2/c1-13-8-14(11-19)6-7-17(13)12-20-18-9-15-4-2-3-5-16(15)10-18/h2-8,18,20H,9-10,12H2,1H3. The fourth-order valence-corrected chi connectivity index (χ4v) is 2.92. The Labute approximate surface area is 120 Å². The van der Waals surface area contributed by atoms with Crippen LogP contribution in [-0.4, -0.2) is 6.04 Å². The minimum atomic E-state index is 0.530. The average molecular weight is 262 g/mol. The van der Waals surface area contributed by atoms with Crippen molar-refractivity contribution in [3.05, 3.63) is 70.3 Å². The number of aryl methyl sites for hydroxylation is 1. The summed E-state index contributed by atoms with van der Waals surface area (Å²) in [6, 6.07) is 17.3. The van der Waals surface area contributed by atoms with E-state index >= 15 is 0 Å². The highest BCUT2D eigenvalue weighted by atomic mass is 14.9. The van der Waals surface area contributed by atoms with Crippen LogP contribution in [0.4, 0.5) is 0 Å². The van der Waals surface area contributed by atoms with Crippen LogP contribution in [0.1, 0.15) is 27.8 Å². The van der Waals surface area contributed by atoms with Gasteiger partial charge < -0.3 is 5.32 Å². The van der Waals surface area contributed by atoms with Gasteiger partial charge in [-0.1, -0.05) is 30.3 Å². The van der Waals surface area contributed by atoms with E-state index in [0.29, 0.717) is 6.04 Å². The zero-order chi connectivity index (χ0) is 13.9. The second kappa shape index (κ2) is 5.48. The first-order valence-corrected chi connectivity index (χ1v) is 7.06. The Morgan fingerprint density at radius 2 is 1.85 bits per heavy atom. The highest BCUT2D eigenvalue weighted by Crippen LogP contribution is 2.22. The topological polar surface area (TPSA) is 35.8 Å². The maximum Gasteiger partial charge on any atom is 0.0991 e. The van der Waals surface area contributed by atoms with Crippen LogP contribution in [0.25, 0.3) is 0 Å². The Morgan fingerprint density at radius 1 is 1.15 bits per heavy atom. The third kappa shape index (κ3) is 2.59. The van der Waals surface area contributed by atoms with Gasteiger partial charge >= 0.3 is 0 Å². The number of rotatable bonds is 3. The number of nitriles is 1. The summed E-state index contributed by atoms with van der Waals surface area (Å²) < 4.78 is 0. The molecule has 1 N–H and O–H groups in total. The molecule has 0 bridgehead atoms. The van der Waals surface area contributed by atoms with Crippen molar-refractivity contribution in [2.45, 2.75) is 32.4 Å². The molecule has 0 amide bonds. The Bertz CT molecular complexity index is 642. The molecule has 0 atom stereocenters. The van der Waals surface area contributed by atoms with E-state index in [4.69, 9.17) is 5.26 Å². The fourth-order valence-electron chi connectivity index (χ4n) is 2.92. The van der Waals surface area contributed by atoms with Gasteiger partial charge in [0, 0.05) is 12.6 Å².